The summed E-state index contributed by atoms with van der Waals surface area (Å²) in [6.45, 7) is 3.70. The molecule has 1 spiro atoms. The number of carboxylic acids is 1. The van der Waals surface area contributed by atoms with Crippen molar-refractivity contribution in [3.8, 4) is 28.4 Å². The fourth-order valence-corrected chi connectivity index (χ4v) is 10.00. The van der Waals surface area contributed by atoms with Crippen LogP contribution in [0.1, 0.15) is 88.4 Å². The summed E-state index contributed by atoms with van der Waals surface area (Å²) in [6.07, 6.45) is 4.95. The number of fused-ring (bicyclic) bond motifs is 2. The third kappa shape index (κ3) is 9.06. The topological polar surface area (TPSA) is 236 Å². The Morgan fingerprint density at radius 3 is 2.30 bits per heavy atom. The van der Waals surface area contributed by atoms with Gasteiger partial charge in [-0.05, 0) is 80.0 Å². The first-order chi connectivity index (χ1) is 32.2. The second-order valence-corrected chi connectivity index (χ2v) is 17.5. The number of imide groups is 2. The van der Waals surface area contributed by atoms with Crippen molar-refractivity contribution in [2.45, 2.75) is 75.6 Å². The van der Waals surface area contributed by atoms with Gasteiger partial charge in [0, 0.05) is 78.0 Å². The summed E-state index contributed by atoms with van der Waals surface area (Å²) in [5.41, 5.74) is 2.07. The molecule has 5 aliphatic rings. The monoisotopic (exact) mass is 925 g/mol. The molecule has 2 aromatic carbocycles. The molecule has 20 heteroatoms. The number of hydrogen-bond acceptors (Lipinski definition) is 13. The molecular formula is C47H55N7O13. The zero-order valence-corrected chi connectivity index (χ0v) is 38.0. The quantitative estimate of drug-likeness (QED) is 0.165. The van der Waals surface area contributed by atoms with Gasteiger partial charge in [0.15, 0.2) is 6.04 Å². The number of ether oxygens (including phenoxy) is 4. The number of carboxylic acid groups (broad SMARTS) is 1. The van der Waals surface area contributed by atoms with E-state index in [1.807, 2.05) is 17.0 Å². The number of methoxy groups -OCH3 is 2. The maximum absolute atomic E-state index is 13.5. The molecule has 2 unspecified atom stereocenters. The van der Waals surface area contributed by atoms with E-state index < -0.39 is 58.9 Å². The Kier molecular flexibility index (Phi) is 13.4. The summed E-state index contributed by atoms with van der Waals surface area (Å²) < 4.78 is 25.5. The highest BCUT2D eigenvalue weighted by Gasteiger charge is 2.45. The summed E-state index contributed by atoms with van der Waals surface area (Å²) in [4.78, 5) is 109. The van der Waals surface area contributed by atoms with Crippen LogP contribution >= 0.6 is 0 Å². The van der Waals surface area contributed by atoms with Crippen LogP contribution in [0.15, 0.2) is 41.3 Å². The summed E-state index contributed by atoms with van der Waals surface area (Å²) in [5.74, 6) is -2.06. The zero-order valence-electron chi connectivity index (χ0n) is 38.0. The van der Waals surface area contributed by atoms with E-state index in [1.165, 1.54) is 23.7 Å². The van der Waals surface area contributed by atoms with E-state index >= 15 is 0 Å². The predicted octanol–water partition coefficient (Wildman–Crippen LogP) is 2.24. The number of carbonyl (C=O) groups is 7. The predicted molar refractivity (Wildman–Crippen MR) is 238 cm³/mol. The van der Waals surface area contributed by atoms with Gasteiger partial charge >= 0.3 is 12.0 Å². The number of benzene rings is 2. The van der Waals surface area contributed by atoms with Crippen LogP contribution in [0.4, 0.5) is 4.79 Å². The van der Waals surface area contributed by atoms with Crippen molar-refractivity contribution < 1.29 is 57.6 Å². The van der Waals surface area contributed by atoms with Gasteiger partial charge in [-0.2, -0.15) is 0 Å². The van der Waals surface area contributed by atoms with E-state index in [4.69, 9.17) is 18.9 Å². The number of morpholine rings is 1. The number of piperidine rings is 2. The highest BCUT2D eigenvalue weighted by Crippen LogP contribution is 2.41. The first kappa shape index (κ1) is 46.7. The Bertz CT molecular complexity index is 2560. The first-order valence-electron chi connectivity index (χ1n) is 22.5. The lowest BCUT2D eigenvalue weighted by Crippen LogP contribution is -2.57. The zero-order chi connectivity index (χ0) is 47.7. The molecule has 5 aliphatic heterocycles. The lowest BCUT2D eigenvalue weighted by molar-refractivity contribution is -0.159. The minimum absolute atomic E-state index is 0.0369. The molecule has 20 nitrogen and oxygen atoms in total. The van der Waals surface area contributed by atoms with E-state index in [9.17, 15) is 43.5 Å². The lowest BCUT2D eigenvalue weighted by atomic mass is 9.87. The summed E-state index contributed by atoms with van der Waals surface area (Å²) in [6, 6.07) is 5.22. The Morgan fingerprint density at radius 1 is 0.910 bits per heavy atom. The Morgan fingerprint density at radius 2 is 1.63 bits per heavy atom. The number of nitrogens with one attached hydrogen (secondary N) is 2. The molecule has 6 heterocycles. The summed E-state index contributed by atoms with van der Waals surface area (Å²) >= 11 is 0. The fourth-order valence-electron chi connectivity index (χ4n) is 10.00. The van der Waals surface area contributed by atoms with Gasteiger partial charge in [-0.25, -0.2) is 9.59 Å². The van der Waals surface area contributed by atoms with Gasteiger partial charge in [0.05, 0.1) is 55.3 Å². The molecule has 3 aromatic rings. The molecule has 0 saturated carbocycles. The Labute approximate surface area is 386 Å². The van der Waals surface area contributed by atoms with Crippen LogP contribution in [0.25, 0.3) is 11.1 Å². The maximum atomic E-state index is 13.5. The average Bonchev–Trinajstić information content (AvgIpc) is 3.57. The molecule has 3 N–H and O–H groups in total. The molecule has 3 fully saturated rings. The second kappa shape index (κ2) is 19.2. The van der Waals surface area contributed by atoms with E-state index in [-0.39, 0.29) is 55.0 Å². The molecule has 0 radical (unpaired) electrons. The van der Waals surface area contributed by atoms with Gasteiger partial charge in [0.25, 0.3) is 17.4 Å². The SMILES string of the molecule is CNC(=O)N1CCc2c(-c3cc(OC)c(CN4CCC5(CC4)CN(C(=O)CCCCOc4ccc6c(c4)C(=O)N(C4CCC(=O)NC4=O)C6=O)CCO5)c(OC)c3)cn(C)c(=O)c2C1C(=O)O. The van der Waals surface area contributed by atoms with Crippen LogP contribution in [0.2, 0.25) is 0 Å². The standard InChI is InChI=1S/C47H55N7O13/c1-48-46(63)53-15-12-29-32(24-50(2)44(60)39(29)40(53)45(61)62)27-21-35(64-3)33(36(22-27)65-4)25-51-16-13-47(14-17-51)26-52(18-20-67-47)38(56)7-5-6-19-66-28-8-9-30-31(23-28)43(59)54(42(30)58)34-10-11-37(55)49-41(34)57/h8-9,21-24,34,40H,5-7,10-20,25-26H2,1-4H3,(H,48,63)(H,61,62)(H,49,55,57). The van der Waals surface area contributed by atoms with Crippen molar-refractivity contribution in [2.75, 3.05) is 67.2 Å². The molecular weight excluding hydrogens is 871 g/mol. The lowest BCUT2D eigenvalue weighted by Gasteiger charge is -2.47. The van der Waals surface area contributed by atoms with Crippen LogP contribution in [0.5, 0.6) is 17.2 Å². The Hall–Kier alpha value is -6.80. The van der Waals surface area contributed by atoms with Crippen LogP contribution in [-0.4, -0.2) is 150 Å². The highest BCUT2D eigenvalue weighted by atomic mass is 16.5. The number of likely N-dealkylation sites (tertiary alicyclic amines) is 1. The number of aliphatic carboxylic acids is 1. The first-order valence-corrected chi connectivity index (χ1v) is 22.5. The Balaban J connectivity index is 0.848. The van der Waals surface area contributed by atoms with Gasteiger partial charge in [-0.1, -0.05) is 0 Å². The van der Waals surface area contributed by atoms with E-state index in [1.54, 1.807) is 33.5 Å². The molecule has 0 bridgehead atoms. The van der Waals surface area contributed by atoms with Crippen molar-refractivity contribution >= 4 is 41.5 Å². The fraction of sp³-hybridized carbons (Fsp3) is 0.489. The van der Waals surface area contributed by atoms with Gasteiger partial charge in [0.1, 0.15) is 23.3 Å². The van der Waals surface area contributed by atoms with Crippen molar-refractivity contribution in [2.24, 2.45) is 7.05 Å². The maximum Gasteiger partial charge on any atom is 0.331 e. The van der Waals surface area contributed by atoms with Crippen molar-refractivity contribution in [3.63, 3.8) is 0 Å². The number of amides is 7. The number of aryl methyl sites for hydroxylation is 1. The van der Waals surface area contributed by atoms with E-state index in [0.717, 1.165) is 15.4 Å². The number of pyridine rings is 1. The second-order valence-electron chi connectivity index (χ2n) is 17.5. The summed E-state index contributed by atoms with van der Waals surface area (Å²) in [7, 11) is 6.11. The van der Waals surface area contributed by atoms with Gasteiger partial charge in [-0.15, -0.1) is 0 Å². The number of rotatable bonds is 13. The van der Waals surface area contributed by atoms with Crippen LogP contribution in [-0.2, 0) is 43.9 Å². The molecule has 7 amide bonds. The molecule has 2 atom stereocenters. The number of hydrogen-bond donors (Lipinski definition) is 3. The van der Waals surface area contributed by atoms with Crippen LogP contribution < -0.4 is 30.4 Å². The number of carbonyl (C=O) groups excluding carboxylic acids is 6. The minimum Gasteiger partial charge on any atom is -0.496 e. The number of urea groups is 1. The van der Waals surface area contributed by atoms with Gasteiger partial charge in [-0.3, -0.25) is 43.9 Å². The number of nitrogens with zero attached hydrogens (tertiary/aromatic N) is 5. The van der Waals surface area contributed by atoms with Crippen molar-refractivity contribution in [1.82, 2.24) is 34.8 Å². The highest BCUT2D eigenvalue weighted by molar-refractivity contribution is 6.23. The molecule has 8 rings (SSSR count). The van der Waals surface area contributed by atoms with Gasteiger partial charge < -0.3 is 43.7 Å². The van der Waals surface area contributed by atoms with E-state index in [0.29, 0.717) is 105 Å². The molecule has 1 aromatic heterocycles. The molecule has 0 aliphatic carbocycles. The number of unbranched alkanes of at least 4 members (excludes halogenated alkanes) is 1. The third-order valence-corrected chi connectivity index (χ3v) is 13.6. The van der Waals surface area contributed by atoms with Crippen LogP contribution in [0, 0.1) is 0 Å². The van der Waals surface area contributed by atoms with Crippen LogP contribution in [0.3, 0.4) is 0 Å². The minimum atomic E-state index is -1.46. The molecule has 356 valence electrons. The average molecular weight is 926 g/mol. The number of aromatic nitrogens is 1. The molecule has 67 heavy (non-hydrogen) atoms. The smallest absolute Gasteiger partial charge is 0.331 e. The normalized spacial score (nSPS) is 20.3. The molecule has 3 saturated heterocycles. The largest absolute Gasteiger partial charge is 0.496 e. The van der Waals surface area contributed by atoms with Gasteiger partial charge in [0.2, 0.25) is 17.7 Å². The third-order valence-electron chi connectivity index (χ3n) is 13.6. The van der Waals surface area contributed by atoms with E-state index in [2.05, 4.69) is 15.5 Å². The van der Waals surface area contributed by atoms with Crippen molar-refractivity contribution in [1.29, 1.82) is 0 Å². The summed E-state index contributed by atoms with van der Waals surface area (Å²) in [5, 5.41) is 14.9. The van der Waals surface area contributed by atoms with Crippen molar-refractivity contribution in [3.05, 3.63) is 74.7 Å².